The lowest BCUT2D eigenvalue weighted by Gasteiger charge is -2.12. The third kappa shape index (κ3) is 5.53. The van der Waals surface area contributed by atoms with Crippen molar-refractivity contribution in [1.29, 1.82) is 0 Å². The van der Waals surface area contributed by atoms with Crippen LogP contribution in [0.2, 0.25) is 0 Å². The lowest BCUT2D eigenvalue weighted by molar-refractivity contribution is 0.496. The monoisotopic (exact) mass is 206 g/mol. The van der Waals surface area contributed by atoms with Gasteiger partial charge in [-0.05, 0) is 30.4 Å². The van der Waals surface area contributed by atoms with Gasteiger partial charge in [0.15, 0.2) is 0 Å². The van der Waals surface area contributed by atoms with Gasteiger partial charge in [0.05, 0.1) is 0 Å². The van der Waals surface area contributed by atoms with E-state index in [0.717, 1.165) is 18.8 Å². The van der Waals surface area contributed by atoms with Crippen molar-refractivity contribution in [1.82, 2.24) is 4.98 Å². The Morgan fingerprint density at radius 2 is 2.13 bits per heavy atom. The van der Waals surface area contributed by atoms with Gasteiger partial charge in [-0.2, -0.15) is 0 Å². The van der Waals surface area contributed by atoms with Gasteiger partial charge in [0.1, 0.15) is 0 Å². The van der Waals surface area contributed by atoms with E-state index >= 15 is 0 Å². The van der Waals surface area contributed by atoms with Crippen molar-refractivity contribution < 1.29 is 0 Å². The predicted octanol–water partition coefficient (Wildman–Crippen LogP) is 2.78. The van der Waals surface area contributed by atoms with Gasteiger partial charge in [-0.1, -0.05) is 32.8 Å². The van der Waals surface area contributed by atoms with Gasteiger partial charge in [0, 0.05) is 18.4 Å². The number of hydrogen-bond donors (Lipinski definition) is 1. The maximum absolute atomic E-state index is 6.06. The van der Waals surface area contributed by atoms with Crippen LogP contribution in [0.25, 0.3) is 0 Å². The minimum atomic E-state index is 0.285. The summed E-state index contributed by atoms with van der Waals surface area (Å²) >= 11 is 0. The summed E-state index contributed by atoms with van der Waals surface area (Å²) in [6.07, 6.45) is 8.29. The lowest BCUT2D eigenvalue weighted by Crippen LogP contribution is -2.22. The molecule has 1 unspecified atom stereocenters. The zero-order chi connectivity index (χ0) is 11.1. The highest BCUT2D eigenvalue weighted by Gasteiger charge is 2.04. The van der Waals surface area contributed by atoms with Crippen LogP contribution in [0.3, 0.4) is 0 Å². The van der Waals surface area contributed by atoms with Crippen LogP contribution < -0.4 is 5.73 Å². The van der Waals surface area contributed by atoms with Gasteiger partial charge in [0.25, 0.3) is 0 Å². The van der Waals surface area contributed by atoms with Crippen LogP contribution in [0.15, 0.2) is 24.5 Å². The Kier molecular flexibility index (Phi) is 5.33. The second-order valence-electron chi connectivity index (χ2n) is 4.65. The topological polar surface area (TPSA) is 38.9 Å². The zero-order valence-corrected chi connectivity index (χ0v) is 9.82. The SMILES string of the molecule is CC(C)CCCC(N)Cc1cccnc1. The summed E-state index contributed by atoms with van der Waals surface area (Å²) in [5, 5.41) is 0. The molecule has 1 aromatic heterocycles. The molecule has 0 saturated heterocycles. The zero-order valence-electron chi connectivity index (χ0n) is 9.82. The Hall–Kier alpha value is -0.890. The molecule has 0 spiro atoms. The van der Waals surface area contributed by atoms with Crippen LogP contribution in [-0.2, 0) is 6.42 Å². The molecule has 1 heterocycles. The summed E-state index contributed by atoms with van der Waals surface area (Å²) in [4.78, 5) is 4.09. The quantitative estimate of drug-likeness (QED) is 0.777. The smallest absolute Gasteiger partial charge is 0.0300 e. The number of nitrogens with zero attached hydrogens (tertiary/aromatic N) is 1. The number of hydrogen-bond acceptors (Lipinski definition) is 2. The summed E-state index contributed by atoms with van der Waals surface area (Å²) in [5.74, 6) is 0.788. The first-order chi connectivity index (χ1) is 7.18. The van der Waals surface area contributed by atoms with Crippen LogP contribution in [0.5, 0.6) is 0 Å². The van der Waals surface area contributed by atoms with Crippen molar-refractivity contribution in [3.63, 3.8) is 0 Å². The van der Waals surface area contributed by atoms with Crippen molar-refractivity contribution >= 4 is 0 Å². The second-order valence-corrected chi connectivity index (χ2v) is 4.65. The standard InChI is InChI=1S/C13H22N2/c1-11(2)5-3-7-13(14)9-12-6-4-8-15-10-12/h4,6,8,10-11,13H,3,5,7,9,14H2,1-2H3. The first-order valence-corrected chi connectivity index (χ1v) is 5.83. The lowest BCUT2D eigenvalue weighted by atomic mass is 10.00. The molecular formula is C13H22N2. The van der Waals surface area contributed by atoms with E-state index in [2.05, 4.69) is 24.9 Å². The third-order valence-corrected chi connectivity index (χ3v) is 2.58. The molecular weight excluding hydrogens is 184 g/mol. The fourth-order valence-corrected chi connectivity index (χ4v) is 1.71. The molecule has 0 aliphatic rings. The van der Waals surface area contributed by atoms with Crippen LogP contribution in [0.1, 0.15) is 38.7 Å². The number of aromatic nitrogens is 1. The number of rotatable bonds is 6. The molecule has 84 valence electrons. The Morgan fingerprint density at radius 1 is 1.33 bits per heavy atom. The van der Waals surface area contributed by atoms with Crippen LogP contribution in [0.4, 0.5) is 0 Å². The van der Waals surface area contributed by atoms with Crippen LogP contribution >= 0.6 is 0 Å². The van der Waals surface area contributed by atoms with E-state index in [0.29, 0.717) is 0 Å². The summed E-state index contributed by atoms with van der Waals surface area (Å²) in [7, 11) is 0. The maximum atomic E-state index is 6.06. The first kappa shape index (κ1) is 12.2. The predicted molar refractivity (Wildman–Crippen MR) is 64.6 cm³/mol. The molecule has 0 aliphatic heterocycles. The Balaban J connectivity index is 2.21. The minimum Gasteiger partial charge on any atom is -0.327 e. The summed E-state index contributed by atoms with van der Waals surface area (Å²) < 4.78 is 0. The first-order valence-electron chi connectivity index (χ1n) is 5.83. The van der Waals surface area contributed by atoms with Crippen molar-refractivity contribution in [2.24, 2.45) is 11.7 Å². The Morgan fingerprint density at radius 3 is 2.73 bits per heavy atom. The highest BCUT2D eigenvalue weighted by atomic mass is 14.6. The maximum Gasteiger partial charge on any atom is 0.0300 e. The van der Waals surface area contributed by atoms with E-state index in [-0.39, 0.29) is 6.04 Å². The van der Waals surface area contributed by atoms with Gasteiger partial charge in [0.2, 0.25) is 0 Å². The molecule has 0 saturated carbocycles. The molecule has 1 rings (SSSR count). The van der Waals surface area contributed by atoms with Gasteiger partial charge >= 0.3 is 0 Å². The molecule has 15 heavy (non-hydrogen) atoms. The normalized spacial score (nSPS) is 13.1. The van der Waals surface area contributed by atoms with E-state index in [9.17, 15) is 0 Å². The van der Waals surface area contributed by atoms with Crippen LogP contribution in [-0.4, -0.2) is 11.0 Å². The summed E-state index contributed by atoms with van der Waals surface area (Å²) in [6.45, 7) is 4.51. The fourth-order valence-electron chi connectivity index (χ4n) is 1.71. The van der Waals surface area contributed by atoms with Crippen molar-refractivity contribution in [3.05, 3.63) is 30.1 Å². The number of pyridine rings is 1. The molecule has 0 fully saturated rings. The average molecular weight is 206 g/mol. The molecule has 2 nitrogen and oxygen atoms in total. The molecule has 0 aliphatic carbocycles. The average Bonchev–Trinajstić information content (AvgIpc) is 2.18. The van der Waals surface area contributed by atoms with E-state index < -0.39 is 0 Å². The number of nitrogens with two attached hydrogens (primary N) is 1. The van der Waals surface area contributed by atoms with E-state index in [1.54, 1.807) is 6.20 Å². The van der Waals surface area contributed by atoms with E-state index in [1.165, 1.54) is 18.4 Å². The van der Waals surface area contributed by atoms with Crippen molar-refractivity contribution in [2.45, 2.75) is 45.6 Å². The highest BCUT2D eigenvalue weighted by Crippen LogP contribution is 2.10. The molecule has 0 radical (unpaired) electrons. The fraction of sp³-hybridized carbons (Fsp3) is 0.615. The van der Waals surface area contributed by atoms with E-state index in [4.69, 9.17) is 5.73 Å². The molecule has 2 heteroatoms. The second kappa shape index (κ2) is 6.57. The molecule has 2 N–H and O–H groups in total. The van der Waals surface area contributed by atoms with Gasteiger partial charge in [-0.25, -0.2) is 0 Å². The van der Waals surface area contributed by atoms with Crippen molar-refractivity contribution in [3.8, 4) is 0 Å². The molecule has 1 atom stereocenters. The summed E-state index contributed by atoms with van der Waals surface area (Å²) in [6, 6.07) is 4.35. The van der Waals surface area contributed by atoms with Gasteiger partial charge in [-0.15, -0.1) is 0 Å². The summed E-state index contributed by atoms with van der Waals surface area (Å²) in [5.41, 5.74) is 7.31. The van der Waals surface area contributed by atoms with Gasteiger partial charge < -0.3 is 5.73 Å². The van der Waals surface area contributed by atoms with E-state index in [1.807, 2.05) is 12.3 Å². The Labute approximate surface area is 92.9 Å². The molecule has 1 aromatic rings. The third-order valence-electron chi connectivity index (χ3n) is 2.58. The largest absolute Gasteiger partial charge is 0.327 e. The molecule has 0 aromatic carbocycles. The molecule has 0 bridgehead atoms. The van der Waals surface area contributed by atoms with Crippen molar-refractivity contribution in [2.75, 3.05) is 0 Å². The van der Waals surface area contributed by atoms with Gasteiger partial charge in [-0.3, -0.25) is 4.98 Å². The van der Waals surface area contributed by atoms with Crippen LogP contribution in [0, 0.1) is 5.92 Å². The molecule has 0 amide bonds. The minimum absolute atomic E-state index is 0.285. The Bertz CT molecular complexity index is 256. The highest BCUT2D eigenvalue weighted by molar-refractivity contribution is 5.09.